The van der Waals surface area contributed by atoms with Gasteiger partial charge in [0.05, 0.1) is 0 Å². The van der Waals surface area contributed by atoms with Crippen LogP contribution in [0.4, 0.5) is 5.69 Å². The molecule has 0 radical (unpaired) electrons. The predicted octanol–water partition coefficient (Wildman–Crippen LogP) is 5.29. The first kappa shape index (κ1) is 21.3. The van der Waals surface area contributed by atoms with Crippen LogP contribution in [0.25, 0.3) is 21.9 Å². The van der Waals surface area contributed by atoms with Crippen LogP contribution in [0, 0.1) is 0 Å². The Morgan fingerprint density at radius 1 is 0.781 bits per heavy atom. The Bertz CT molecular complexity index is 1220. The lowest BCUT2D eigenvalue weighted by Gasteiger charge is -2.17. The van der Waals surface area contributed by atoms with Crippen LogP contribution in [0.1, 0.15) is 6.92 Å². The number of carbonyl (C=O) groups excluding carboxylic acids is 1. The number of amides is 1. The van der Waals surface area contributed by atoms with Gasteiger partial charge in [0.15, 0.2) is 11.2 Å². The second-order valence-corrected chi connectivity index (χ2v) is 7.65. The number of anilines is 1. The Hall–Kier alpha value is -3.90. The summed E-state index contributed by atoms with van der Waals surface area (Å²) in [5.74, 6) is 0.281. The number of thiocarbonyl (C=S) groups is 1. The Kier molecular flexibility index (Phi) is 6.63. The van der Waals surface area contributed by atoms with Gasteiger partial charge in [-0.25, -0.2) is 0 Å². The summed E-state index contributed by atoms with van der Waals surface area (Å²) < 4.78 is 5.76. The van der Waals surface area contributed by atoms with E-state index in [1.54, 1.807) is 6.92 Å². The van der Waals surface area contributed by atoms with Crippen LogP contribution in [-0.2, 0) is 4.79 Å². The van der Waals surface area contributed by atoms with Crippen LogP contribution in [0.5, 0.6) is 5.75 Å². The minimum Gasteiger partial charge on any atom is -0.481 e. The lowest BCUT2D eigenvalue weighted by Crippen LogP contribution is -2.48. The van der Waals surface area contributed by atoms with Crippen LogP contribution in [0.2, 0.25) is 0 Å². The highest BCUT2D eigenvalue weighted by Crippen LogP contribution is 2.23. The zero-order valence-corrected chi connectivity index (χ0v) is 18.4. The first-order valence-corrected chi connectivity index (χ1v) is 10.7. The third-order valence-electron chi connectivity index (χ3n) is 4.98. The average molecular weight is 442 g/mol. The van der Waals surface area contributed by atoms with E-state index < -0.39 is 6.10 Å². The first-order chi connectivity index (χ1) is 15.6. The smallest absolute Gasteiger partial charge is 0.279 e. The zero-order chi connectivity index (χ0) is 22.3. The summed E-state index contributed by atoms with van der Waals surface area (Å²) in [6.45, 7) is 1.68. The molecule has 0 saturated carbocycles. The van der Waals surface area contributed by atoms with Gasteiger partial charge in [0, 0.05) is 11.1 Å². The summed E-state index contributed by atoms with van der Waals surface area (Å²) in [5, 5.41) is 5.55. The summed E-state index contributed by atoms with van der Waals surface area (Å²) in [5.41, 5.74) is 8.39. The van der Waals surface area contributed by atoms with Crippen LogP contribution < -0.4 is 20.9 Å². The van der Waals surface area contributed by atoms with Crippen molar-refractivity contribution in [1.82, 2.24) is 10.9 Å². The van der Waals surface area contributed by atoms with Crippen LogP contribution in [0.15, 0.2) is 97.1 Å². The molecule has 0 aliphatic rings. The van der Waals surface area contributed by atoms with Crippen molar-refractivity contribution in [3.63, 3.8) is 0 Å². The second-order valence-electron chi connectivity index (χ2n) is 7.25. The predicted molar refractivity (Wildman–Crippen MR) is 133 cm³/mol. The standard InChI is InChI=1S/C26H23N3O2S/c1-18(31-22-16-14-20(15-17-22)19-8-3-2-4-9-19)25(30)28-29-26(32)27-24-13-7-11-21-10-5-6-12-23(21)24/h2-18H,1H3,(H,28,30)(H2,27,29,32)/t18-/m0/s1. The Labute approximate surface area is 192 Å². The highest BCUT2D eigenvalue weighted by atomic mass is 32.1. The highest BCUT2D eigenvalue weighted by molar-refractivity contribution is 7.80. The number of hydrogen-bond donors (Lipinski definition) is 3. The molecule has 0 saturated heterocycles. The van der Waals surface area contributed by atoms with Crippen molar-refractivity contribution in [3.8, 4) is 16.9 Å². The monoisotopic (exact) mass is 441 g/mol. The van der Waals surface area contributed by atoms with Gasteiger partial charge in [-0.1, -0.05) is 78.9 Å². The molecule has 1 amide bonds. The molecular formula is C26H23N3O2S. The maximum Gasteiger partial charge on any atom is 0.279 e. The maximum absolute atomic E-state index is 12.4. The molecule has 160 valence electrons. The molecule has 0 spiro atoms. The quantitative estimate of drug-likeness (QED) is 0.290. The molecule has 0 aromatic heterocycles. The van der Waals surface area contributed by atoms with Gasteiger partial charge in [-0.15, -0.1) is 0 Å². The lowest BCUT2D eigenvalue weighted by molar-refractivity contribution is -0.127. The third kappa shape index (κ3) is 5.22. The molecule has 0 fully saturated rings. The second kappa shape index (κ2) is 9.94. The van der Waals surface area contributed by atoms with Gasteiger partial charge in [0.25, 0.3) is 5.91 Å². The van der Waals surface area contributed by atoms with Gasteiger partial charge in [0.2, 0.25) is 0 Å². The van der Waals surface area contributed by atoms with E-state index in [0.29, 0.717) is 5.75 Å². The molecule has 4 aromatic rings. The maximum atomic E-state index is 12.4. The third-order valence-corrected chi connectivity index (χ3v) is 5.18. The Morgan fingerprint density at radius 3 is 2.22 bits per heavy atom. The fraction of sp³-hybridized carbons (Fsp3) is 0.0769. The molecule has 1 atom stereocenters. The van der Waals surface area contributed by atoms with Crippen molar-refractivity contribution in [3.05, 3.63) is 97.1 Å². The van der Waals surface area contributed by atoms with E-state index >= 15 is 0 Å². The molecule has 4 rings (SSSR count). The highest BCUT2D eigenvalue weighted by Gasteiger charge is 2.15. The number of nitrogens with one attached hydrogen (secondary N) is 3. The van der Waals surface area contributed by atoms with Crippen molar-refractivity contribution in [2.45, 2.75) is 13.0 Å². The SMILES string of the molecule is C[C@H](Oc1ccc(-c2ccccc2)cc1)C(=O)NNC(=S)Nc1cccc2ccccc12. The van der Waals surface area contributed by atoms with Gasteiger partial charge in [0.1, 0.15) is 5.75 Å². The van der Waals surface area contributed by atoms with E-state index in [1.807, 2.05) is 97.1 Å². The summed E-state index contributed by atoms with van der Waals surface area (Å²) in [7, 11) is 0. The number of hydrogen-bond acceptors (Lipinski definition) is 3. The molecule has 0 bridgehead atoms. The number of rotatable bonds is 5. The van der Waals surface area contributed by atoms with Crippen LogP contribution in [-0.4, -0.2) is 17.1 Å². The van der Waals surface area contributed by atoms with Gasteiger partial charge in [-0.05, 0) is 53.9 Å². The fourth-order valence-electron chi connectivity index (χ4n) is 3.32. The van der Waals surface area contributed by atoms with E-state index in [2.05, 4.69) is 16.2 Å². The topological polar surface area (TPSA) is 62.4 Å². The average Bonchev–Trinajstić information content (AvgIpc) is 2.84. The Morgan fingerprint density at radius 2 is 1.44 bits per heavy atom. The summed E-state index contributed by atoms with van der Waals surface area (Å²) in [4.78, 5) is 12.4. The molecule has 3 N–H and O–H groups in total. The molecule has 32 heavy (non-hydrogen) atoms. The molecule has 0 heterocycles. The van der Waals surface area contributed by atoms with Gasteiger partial charge in [-0.3, -0.25) is 15.6 Å². The van der Waals surface area contributed by atoms with Crippen molar-refractivity contribution in [2.24, 2.45) is 0 Å². The molecule has 6 heteroatoms. The Balaban J connectivity index is 1.29. The molecular weight excluding hydrogens is 418 g/mol. The number of fused-ring (bicyclic) bond motifs is 1. The van der Waals surface area contributed by atoms with Crippen molar-refractivity contribution >= 4 is 39.7 Å². The molecule has 0 aliphatic carbocycles. The number of hydrazine groups is 1. The summed E-state index contributed by atoms with van der Waals surface area (Å²) in [6, 6.07) is 31.6. The van der Waals surface area contributed by atoms with E-state index in [0.717, 1.165) is 27.6 Å². The van der Waals surface area contributed by atoms with E-state index in [4.69, 9.17) is 17.0 Å². The number of carbonyl (C=O) groups is 1. The molecule has 4 aromatic carbocycles. The van der Waals surface area contributed by atoms with E-state index in [-0.39, 0.29) is 11.0 Å². The largest absolute Gasteiger partial charge is 0.481 e. The molecule has 0 unspecified atom stereocenters. The normalized spacial score (nSPS) is 11.4. The van der Waals surface area contributed by atoms with Gasteiger partial charge >= 0.3 is 0 Å². The summed E-state index contributed by atoms with van der Waals surface area (Å²) in [6.07, 6.45) is -0.703. The molecule has 5 nitrogen and oxygen atoms in total. The molecule has 0 aliphatic heterocycles. The number of ether oxygens (including phenoxy) is 1. The fourth-order valence-corrected chi connectivity index (χ4v) is 3.48. The van der Waals surface area contributed by atoms with Crippen molar-refractivity contribution in [1.29, 1.82) is 0 Å². The van der Waals surface area contributed by atoms with Gasteiger partial charge in [-0.2, -0.15) is 0 Å². The summed E-state index contributed by atoms with van der Waals surface area (Å²) >= 11 is 5.32. The minimum atomic E-state index is -0.703. The minimum absolute atomic E-state index is 0.286. The lowest BCUT2D eigenvalue weighted by atomic mass is 10.1. The number of benzene rings is 4. The van der Waals surface area contributed by atoms with Crippen molar-refractivity contribution in [2.75, 3.05) is 5.32 Å². The van der Waals surface area contributed by atoms with Crippen LogP contribution >= 0.6 is 12.2 Å². The van der Waals surface area contributed by atoms with E-state index in [1.165, 1.54) is 0 Å². The zero-order valence-electron chi connectivity index (χ0n) is 17.5. The van der Waals surface area contributed by atoms with Crippen LogP contribution in [0.3, 0.4) is 0 Å². The van der Waals surface area contributed by atoms with Gasteiger partial charge < -0.3 is 10.1 Å². The van der Waals surface area contributed by atoms with E-state index in [9.17, 15) is 4.79 Å². The first-order valence-electron chi connectivity index (χ1n) is 10.3. The van der Waals surface area contributed by atoms with Crippen molar-refractivity contribution < 1.29 is 9.53 Å².